The zero-order valence-electron chi connectivity index (χ0n) is 16.3. The summed E-state index contributed by atoms with van der Waals surface area (Å²) < 4.78 is 2.00. The van der Waals surface area contributed by atoms with Gasteiger partial charge in [0.05, 0.1) is 18.1 Å². The minimum absolute atomic E-state index is 0.0659. The number of benzene rings is 1. The van der Waals surface area contributed by atoms with Crippen molar-refractivity contribution < 1.29 is 9.90 Å². The van der Waals surface area contributed by atoms with Gasteiger partial charge in [-0.05, 0) is 45.1 Å². The maximum atomic E-state index is 11.3. The maximum Gasteiger partial charge on any atom is 0.225 e. The second-order valence-electron chi connectivity index (χ2n) is 8.24. The standard InChI is InChI=1S/C21H30N4O2/c1-21(2,27)13-12-15-8-10-16(11-9-15)20-23-19(14-18(22)26)24-25(20)17-6-4-3-5-7-17/h8-11,17,27H,3-7,12-14H2,1-2H3,(H2,22,26). The first kappa shape index (κ1) is 19.5. The number of carbonyl (C=O) groups is 1. The van der Waals surface area contributed by atoms with Gasteiger partial charge in [0.15, 0.2) is 11.6 Å². The van der Waals surface area contributed by atoms with Gasteiger partial charge in [0.1, 0.15) is 0 Å². The number of rotatable bonds is 7. The Morgan fingerprint density at radius 2 is 1.89 bits per heavy atom. The molecule has 1 aliphatic rings. The summed E-state index contributed by atoms with van der Waals surface area (Å²) >= 11 is 0. The Morgan fingerprint density at radius 1 is 1.22 bits per heavy atom. The molecular weight excluding hydrogens is 340 g/mol. The molecule has 1 aliphatic carbocycles. The number of aliphatic hydroxyl groups is 1. The zero-order chi connectivity index (χ0) is 19.4. The third-order valence-corrected chi connectivity index (χ3v) is 5.17. The highest BCUT2D eigenvalue weighted by atomic mass is 16.3. The maximum absolute atomic E-state index is 11.3. The fraction of sp³-hybridized carbons (Fsp3) is 0.571. The topological polar surface area (TPSA) is 94.0 Å². The average molecular weight is 370 g/mol. The second-order valence-corrected chi connectivity index (χ2v) is 8.24. The van der Waals surface area contributed by atoms with Crippen LogP contribution in [0.4, 0.5) is 0 Å². The molecule has 1 aromatic carbocycles. The van der Waals surface area contributed by atoms with Crippen LogP contribution in [0.25, 0.3) is 11.4 Å². The molecule has 0 unspecified atom stereocenters. The van der Waals surface area contributed by atoms with Gasteiger partial charge < -0.3 is 10.8 Å². The van der Waals surface area contributed by atoms with Crippen LogP contribution in [0.1, 0.15) is 69.8 Å². The van der Waals surface area contributed by atoms with Gasteiger partial charge >= 0.3 is 0 Å². The average Bonchev–Trinajstić information content (AvgIpc) is 3.03. The van der Waals surface area contributed by atoms with E-state index in [0.29, 0.717) is 18.3 Å². The first-order valence-electron chi connectivity index (χ1n) is 9.87. The lowest BCUT2D eigenvalue weighted by atomic mass is 9.95. The molecule has 0 atom stereocenters. The molecule has 1 aromatic heterocycles. The molecule has 1 amide bonds. The monoisotopic (exact) mass is 370 g/mol. The van der Waals surface area contributed by atoms with Crippen LogP contribution in [0.15, 0.2) is 24.3 Å². The molecule has 2 aromatic rings. The SMILES string of the molecule is CC(C)(O)CCc1ccc(-c2nc(CC(N)=O)nn2C2CCCCC2)cc1. The second kappa shape index (κ2) is 8.21. The number of aromatic nitrogens is 3. The summed E-state index contributed by atoms with van der Waals surface area (Å²) in [5.41, 5.74) is 6.86. The molecule has 6 nitrogen and oxygen atoms in total. The van der Waals surface area contributed by atoms with Gasteiger partial charge in [-0.15, -0.1) is 0 Å². The number of hydrogen-bond acceptors (Lipinski definition) is 4. The van der Waals surface area contributed by atoms with E-state index in [1.807, 2.05) is 18.5 Å². The van der Waals surface area contributed by atoms with Crippen molar-refractivity contribution in [2.24, 2.45) is 5.73 Å². The molecule has 1 saturated carbocycles. The van der Waals surface area contributed by atoms with Gasteiger partial charge in [0.25, 0.3) is 0 Å². The van der Waals surface area contributed by atoms with Crippen molar-refractivity contribution in [1.29, 1.82) is 0 Å². The number of amides is 1. The minimum atomic E-state index is -0.663. The van der Waals surface area contributed by atoms with Gasteiger partial charge in [0, 0.05) is 5.56 Å². The molecular formula is C21H30N4O2. The molecule has 0 radical (unpaired) electrons. The number of primary amides is 1. The lowest BCUT2D eigenvalue weighted by molar-refractivity contribution is -0.117. The third kappa shape index (κ3) is 5.39. The van der Waals surface area contributed by atoms with Crippen LogP contribution < -0.4 is 5.73 Å². The summed E-state index contributed by atoms with van der Waals surface area (Å²) in [6.07, 6.45) is 7.46. The van der Waals surface area contributed by atoms with Crippen LogP contribution in [0.3, 0.4) is 0 Å². The van der Waals surface area contributed by atoms with Crippen molar-refractivity contribution in [3.63, 3.8) is 0 Å². The van der Waals surface area contributed by atoms with Crippen LogP contribution in [-0.2, 0) is 17.6 Å². The van der Waals surface area contributed by atoms with Crippen LogP contribution >= 0.6 is 0 Å². The zero-order valence-corrected chi connectivity index (χ0v) is 16.3. The van der Waals surface area contributed by atoms with Crippen molar-refractivity contribution in [3.8, 4) is 11.4 Å². The minimum Gasteiger partial charge on any atom is -0.390 e. The van der Waals surface area contributed by atoms with E-state index in [1.165, 1.54) is 24.8 Å². The first-order chi connectivity index (χ1) is 12.8. The molecule has 0 spiro atoms. The predicted octanol–water partition coefficient (Wildman–Crippen LogP) is 3.18. The summed E-state index contributed by atoms with van der Waals surface area (Å²) in [6.45, 7) is 3.66. The largest absolute Gasteiger partial charge is 0.390 e. The molecule has 27 heavy (non-hydrogen) atoms. The lowest BCUT2D eigenvalue weighted by Gasteiger charge is -2.23. The van der Waals surface area contributed by atoms with E-state index in [1.54, 1.807) is 0 Å². The molecule has 0 bridgehead atoms. The van der Waals surface area contributed by atoms with E-state index < -0.39 is 11.5 Å². The summed E-state index contributed by atoms with van der Waals surface area (Å²) in [5, 5.41) is 14.5. The summed E-state index contributed by atoms with van der Waals surface area (Å²) in [7, 11) is 0. The van der Waals surface area contributed by atoms with Crippen LogP contribution in [0, 0.1) is 0 Å². The number of hydrogen-bond donors (Lipinski definition) is 2. The van der Waals surface area contributed by atoms with Gasteiger partial charge in [-0.2, -0.15) is 5.10 Å². The van der Waals surface area contributed by atoms with E-state index in [9.17, 15) is 9.90 Å². The first-order valence-corrected chi connectivity index (χ1v) is 9.87. The Kier molecular flexibility index (Phi) is 5.95. The molecule has 1 fully saturated rings. The lowest BCUT2D eigenvalue weighted by Crippen LogP contribution is -2.19. The highest BCUT2D eigenvalue weighted by molar-refractivity contribution is 5.75. The van der Waals surface area contributed by atoms with Gasteiger partial charge in [-0.25, -0.2) is 9.67 Å². The van der Waals surface area contributed by atoms with Crippen molar-refractivity contribution in [3.05, 3.63) is 35.7 Å². The number of carbonyl (C=O) groups excluding carboxylic acids is 1. The van der Waals surface area contributed by atoms with E-state index in [4.69, 9.17) is 5.73 Å². The van der Waals surface area contributed by atoms with Gasteiger partial charge in [-0.3, -0.25) is 4.79 Å². The van der Waals surface area contributed by atoms with Gasteiger partial charge in [0.2, 0.25) is 5.91 Å². The van der Waals surface area contributed by atoms with E-state index in [2.05, 4.69) is 34.3 Å². The van der Waals surface area contributed by atoms with Crippen LogP contribution in [0.2, 0.25) is 0 Å². The Bertz CT molecular complexity index is 768. The molecule has 3 rings (SSSR count). The van der Waals surface area contributed by atoms with E-state index in [-0.39, 0.29) is 6.42 Å². The molecule has 1 heterocycles. The molecule has 6 heteroatoms. The van der Waals surface area contributed by atoms with Crippen molar-refractivity contribution in [2.75, 3.05) is 0 Å². The van der Waals surface area contributed by atoms with E-state index in [0.717, 1.165) is 30.7 Å². The summed E-state index contributed by atoms with van der Waals surface area (Å²) in [5.74, 6) is 0.894. The van der Waals surface area contributed by atoms with Crippen molar-refractivity contribution >= 4 is 5.91 Å². The highest BCUT2D eigenvalue weighted by Crippen LogP contribution is 2.31. The van der Waals surface area contributed by atoms with Gasteiger partial charge in [-0.1, -0.05) is 43.5 Å². The van der Waals surface area contributed by atoms with Crippen molar-refractivity contribution in [1.82, 2.24) is 14.8 Å². The Labute approximate surface area is 160 Å². The van der Waals surface area contributed by atoms with Crippen molar-refractivity contribution in [2.45, 2.75) is 76.9 Å². The summed E-state index contributed by atoms with van der Waals surface area (Å²) in [4.78, 5) is 15.9. The number of nitrogens with two attached hydrogens (primary N) is 1. The molecule has 0 saturated heterocycles. The highest BCUT2D eigenvalue weighted by Gasteiger charge is 2.22. The Morgan fingerprint density at radius 3 is 2.48 bits per heavy atom. The predicted molar refractivity (Wildman–Crippen MR) is 105 cm³/mol. The van der Waals surface area contributed by atoms with Crippen LogP contribution in [0.5, 0.6) is 0 Å². The molecule has 0 aliphatic heterocycles. The van der Waals surface area contributed by atoms with E-state index >= 15 is 0 Å². The number of aryl methyl sites for hydroxylation is 1. The number of nitrogens with zero attached hydrogens (tertiary/aromatic N) is 3. The Hall–Kier alpha value is -2.21. The quantitative estimate of drug-likeness (QED) is 0.783. The third-order valence-electron chi connectivity index (χ3n) is 5.17. The smallest absolute Gasteiger partial charge is 0.225 e. The molecule has 3 N–H and O–H groups in total. The Balaban J connectivity index is 1.85. The van der Waals surface area contributed by atoms with Crippen LogP contribution in [-0.4, -0.2) is 31.4 Å². The normalized spacial score (nSPS) is 15.8. The summed E-state index contributed by atoms with van der Waals surface area (Å²) in [6, 6.07) is 8.59. The fourth-order valence-electron chi connectivity index (χ4n) is 3.65. The molecule has 146 valence electrons. The fourth-order valence-corrected chi connectivity index (χ4v) is 3.65.